The van der Waals surface area contributed by atoms with Gasteiger partial charge in [-0.2, -0.15) is 0 Å². The lowest BCUT2D eigenvalue weighted by atomic mass is 10.0. The molecule has 98 valence electrons. The Morgan fingerprint density at radius 2 is 1.95 bits per heavy atom. The van der Waals surface area contributed by atoms with E-state index >= 15 is 0 Å². The number of aromatic carboxylic acids is 1. The number of hydrogen-bond acceptors (Lipinski definition) is 3. The van der Waals surface area contributed by atoms with Crippen LogP contribution in [0.5, 0.6) is 0 Å². The fourth-order valence-corrected chi connectivity index (χ4v) is 1.85. The van der Waals surface area contributed by atoms with Crippen LogP contribution < -0.4 is 5.32 Å². The maximum Gasteiger partial charge on any atom is 0.411 e. The van der Waals surface area contributed by atoms with E-state index in [1.807, 2.05) is 12.1 Å². The molecule has 0 bridgehead atoms. The molecule has 2 rings (SSSR count). The van der Waals surface area contributed by atoms with Gasteiger partial charge in [-0.05, 0) is 18.4 Å². The monoisotopic (exact) mass is 259 g/mol. The van der Waals surface area contributed by atoms with E-state index in [4.69, 9.17) is 4.74 Å². The average molecular weight is 259 g/mol. The quantitative estimate of drug-likeness (QED) is 0.888. The van der Waals surface area contributed by atoms with E-state index in [0.29, 0.717) is 5.39 Å². The SMILES string of the molecule is CCOC(=O)Nc1c(C(=O)O)ccc2ccccc12. The minimum absolute atomic E-state index is 0.0340. The first-order valence-corrected chi connectivity index (χ1v) is 5.82. The van der Waals surface area contributed by atoms with Gasteiger partial charge in [-0.1, -0.05) is 30.3 Å². The molecule has 5 heteroatoms. The molecule has 2 N–H and O–H groups in total. The summed E-state index contributed by atoms with van der Waals surface area (Å²) in [5.41, 5.74) is 0.288. The van der Waals surface area contributed by atoms with Crippen LogP contribution in [0.3, 0.4) is 0 Å². The number of amides is 1. The number of nitrogens with one attached hydrogen (secondary N) is 1. The highest BCUT2D eigenvalue weighted by atomic mass is 16.5. The summed E-state index contributed by atoms with van der Waals surface area (Å²) in [6, 6.07) is 10.4. The van der Waals surface area contributed by atoms with E-state index in [-0.39, 0.29) is 17.9 Å². The molecular formula is C14H13NO4. The Labute approximate surface area is 109 Å². The van der Waals surface area contributed by atoms with Gasteiger partial charge in [-0.15, -0.1) is 0 Å². The number of hydrogen-bond donors (Lipinski definition) is 2. The topological polar surface area (TPSA) is 75.6 Å². The van der Waals surface area contributed by atoms with Gasteiger partial charge in [0.15, 0.2) is 0 Å². The Balaban J connectivity index is 2.56. The van der Waals surface area contributed by atoms with Crippen molar-refractivity contribution in [2.24, 2.45) is 0 Å². The van der Waals surface area contributed by atoms with Crippen molar-refractivity contribution < 1.29 is 19.4 Å². The maximum atomic E-state index is 11.5. The largest absolute Gasteiger partial charge is 0.478 e. The molecule has 19 heavy (non-hydrogen) atoms. The van der Waals surface area contributed by atoms with Crippen LogP contribution >= 0.6 is 0 Å². The van der Waals surface area contributed by atoms with Gasteiger partial charge in [-0.25, -0.2) is 9.59 Å². The number of anilines is 1. The molecule has 0 aliphatic rings. The van der Waals surface area contributed by atoms with Gasteiger partial charge < -0.3 is 9.84 Å². The van der Waals surface area contributed by atoms with Crippen LogP contribution in [0.4, 0.5) is 10.5 Å². The zero-order valence-corrected chi connectivity index (χ0v) is 10.3. The van der Waals surface area contributed by atoms with Crippen molar-refractivity contribution >= 4 is 28.5 Å². The molecule has 0 saturated carbocycles. The first-order valence-electron chi connectivity index (χ1n) is 5.82. The molecule has 0 fully saturated rings. The van der Waals surface area contributed by atoms with Crippen molar-refractivity contribution in [1.82, 2.24) is 0 Å². The molecule has 1 amide bonds. The number of carbonyl (C=O) groups excluding carboxylic acids is 1. The number of ether oxygens (including phenoxy) is 1. The fraction of sp³-hybridized carbons (Fsp3) is 0.143. The highest BCUT2D eigenvalue weighted by Gasteiger charge is 2.15. The molecule has 0 spiro atoms. The number of carboxylic acids is 1. The normalized spacial score (nSPS) is 10.2. The predicted molar refractivity (Wildman–Crippen MR) is 71.6 cm³/mol. The number of carboxylic acid groups (broad SMARTS) is 1. The summed E-state index contributed by atoms with van der Waals surface area (Å²) < 4.78 is 4.79. The van der Waals surface area contributed by atoms with E-state index in [9.17, 15) is 14.7 Å². The van der Waals surface area contributed by atoms with Gasteiger partial charge in [0.1, 0.15) is 0 Å². The lowest BCUT2D eigenvalue weighted by molar-refractivity contribution is 0.0698. The van der Waals surface area contributed by atoms with Crippen LogP contribution in [-0.4, -0.2) is 23.8 Å². The first-order chi connectivity index (χ1) is 9.13. The van der Waals surface area contributed by atoms with Crippen molar-refractivity contribution in [2.75, 3.05) is 11.9 Å². The third-order valence-electron chi connectivity index (χ3n) is 2.66. The van der Waals surface area contributed by atoms with Crippen molar-refractivity contribution in [1.29, 1.82) is 0 Å². The van der Waals surface area contributed by atoms with Gasteiger partial charge in [0, 0.05) is 5.39 Å². The lowest BCUT2D eigenvalue weighted by Crippen LogP contribution is -2.16. The molecule has 2 aromatic rings. The molecule has 0 aromatic heterocycles. The molecule has 2 aromatic carbocycles. The van der Waals surface area contributed by atoms with Gasteiger partial charge >= 0.3 is 12.1 Å². The average Bonchev–Trinajstić information content (AvgIpc) is 2.39. The summed E-state index contributed by atoms with van der Waals surface area (Å²) in [5.74, 6) is -1.10. The molecular weight excluding hydrogens is 246 g/mol. The van der Waals surface area contributed by atoms with Crippen molar-refractivity contribution in [3.63, 3.8) is 0 Å². The molecule has 0 aliphatic heterocycles. The Hall–Kier alpha value is -2.56. The zero-order chi connectivity index (χ0) is 13.8. The molecule has 0 heterocycles. The Kier molecular flexibility index (Phi) is 3.66. The second-order valence-corrected chi connectivity index (χ2v) is 3.86. The fourth-order valence-electron chi connectivity index (χ4n) is 1.85. The smallest absolute Gasteiger partial charge is 0.411 e. The maximum absolute atomic E-state index is 11.5. The summed E-state index contributed by atoms with van der Waals surface area (Å²) >= 11 is 0. The molecule has 0 unspecified atom stereocenters. The van der Waals surface area contributed by atoms with Crippen LogP contribution in [0, 0.1) is 0 Å². The minimum Gasteiger partial charge on any atom is -0.478 e. The van der Waals surface area contributed by atoms with Gasteiger partial charge in [-0.3, -0.25) is 5.32 Å². The van der Waals surface area contributed by atoms with Crippen LogP contribution in [0.25, 0.3) is 10.8 Å². The second kappa shape index (κ2) is 5.39. The van der Waals surface area contributed by atoms with E-state index in [1.54, 1.807) is 25.1 Å². The van der Waals surface area contributed by atoms with E-state index in [1.165, 1.54) is 6.07 Å². The Morgan fingerprint density at radius 3 is 2.63 bits per heavy atom. The third kappa shape index (κ3) is 2.65. The van der Waals surface area contributed by atoms with E-state index in [0.717, 1.165) is 5.39 Å². The molecule has 0 radical (unpaired) electrons. The summed E-state index contributed by atoms with van der Waals surface area (Å²) in [6.07, 6.45) is -0.665. The number of carbonyl (C=O) groups is 2. The van der Waals surface area contributed by atoms with Crippen LogP contribution in [0.2, 0.25) is 0 Å². The van der Waals surface area contributed by atoms with Crippen LogP contribution in [0.15, 0.2) is 36.4 Å². The summed E-state index contributed by atoms with van der Waals surface area (Å²) in [6.45, 7) is 1.90. The molecule has 5 nitrogen and oxygen atoms in total. The second-order valence-electron chi connectivity index (χ2n) is 3.86. The van der Waals surface area contributed by atoms with Crippen LogP contribution in [0.1, 0.15) is 17.3 Å². The summed E-state index contributed by atoms with van der Waals surface area (Å²) in [5, 5.41) is 13.2. The van der Waals surface area contributed by atoms with Crippen molar-refractivity contribution in [3.05, 3.63) is 42.0 Å². The first kappa shape index (κ1) is 12.9. The van der Waals surface area contributed by atoms with Crippen molar-refractivity contribution in [3.8, 4) is 0 Å². The zero-order valence-electron chi connectivity index (χ0n) is 10.3. The minimum atomic E-state index is -1.10. The van der Waals surface area contributed by atoms with Gasteiger partial charge in [0.25, 0.3) is 0 Å². The predicted octanol–water partition coefficient (Wildman–Crippen LogP) is 3.11. The number of benzene rings is 2. The lowest BCUT2D eigenvalue weighted by Gasteiger charge is -2.11. The summed E-state index contributed by atoms with van der Waals surface area (Å²) in [7, 11) is 0. The van der Waals surface area contributed by atoms with Crippen molar-refractivity contribution in [2.45, 2.75) is 6.92 Å². The van der Waals surface area contributed by atoms with Crippen LogP contribution in [-0.2, 0) is 4.74 Å². The standard InChI is InChI=1S/C14H13NO4/c1-2-19-14(18)15-12-10-6-4-3-5-9(10)7-8-11(12)13(16)17/h3-8H,2H2,1H3,(H,15,18)(H,16,17). The Morgan fingerprint density at radius 1 is 1.21 bits per heavy atom. The number of fused-ring (bicyclic) bond motifs is 1. The van der Waals surface area contributed by atoms with E-state index in [2.05, 4.69) is 5.32 Å². The number of rotatable bonds is 3. The molecule has 0 atom stereocenters. The Bertz CT molecular complexity index is 636. The summed E-state index contributed by atoms with van der Waals surface area (Å²) in [4.78, 5) is 22.7. The highest BCUT2D eigenvalue weighted by molar-refractivity contribution is 6.09. The molecule has 0 aliphatic carbocycles. The van der Waals surface area contributed by atoms with Gasteiger partial charge in [0.2, 0.25) is 0 Å². The highest BCUT2D eigenvalue weighted by Crippen LogP contribution is 2.27. The van der Waals surface area contributed by atoms with E-state index < -0.39 is 12.1 Å². The molecule has 0 saturated heterocycles. The van der Waals surface area contributed by atoms with Gasteiger partial charge in [0.05, 0.1) is 17.9 Å². The third-order valence-corrected chi connectivity index (χ3v) is 2.66.